The average Bonchev–Trinajstić information content (AvgIpc) is 3.57. The first-order valence-electron chi connectivity index (χ1n) is 18.5. The van der Waals surface area contributed by atoms with Gasteiger partial charge in [-0.3, -0.25) is 0 Å². The second kappa shape index (κ2) is 11.9. The normalized spacial score (nSPS) is 11.7. The Kier molecular flexibility index (Phi) is 6.68. The van der Waals surface area contributed by atoms with E-state index in [-0.39, 0.29) is 0 Å². The molecule has 0 spiro atoms. The van der Waals surface area contributed by atoms with Crippen LogP contribution in [0.3, 0.4) is 0 Å². The summed E-state index contributed by atoms with van der Waals surface area (Å²) in [5.41, 5.74) is 15.3. The lowest BCUT2D eigenvalue weighted by atomic mass is 9.82. The number of hydrogen-bond acceptors (Lipinski definition) is 1. The Morgan fingerprint density at radius 3 is 1.44 bits per heavy atom. The van der Waals surface area contributed by atoms with Crippen LogP contribution in [0.15, 0.2) is 188 Å². The fourth-order valence-electron chi connectivity index (χ4n) is 8.98. The van der Waals surface area contributed by atoms with Gasteiger partial charge in [0.1, 0.15) is 0 Å². The van der Waals surface area contributed by atoms with Gasteiger partial charge < -0.3 is 0 Å². The molecule has 10 aromatic rings. The Morgan fingerprint density at radius 1 is 0.296 bits per heavy atom. The molecule has 11 rings (SSSR count). The van der Waals surface area contributed by atoms with Crippen molar-refractivity contribution in [3.63, 3.8) is 0 Å². The van der Waals surface area contributed by atoms with Crippen molar-refractivity contribution in [2.45, 2.75) is 0 Å². The molecule has 54 heavy (non-hydrogen) atoms. The third-order valence-electron chi connectivity index (χ3n) is 11.4. The van der Waals surface area contributed by atoms with Gasteiger partial charge in [-0.25, -0.2) is 0 Å². The molecule has 0 N–H and O–H groups in total. The fraction of sp³-hybridized carbons (Fsp3) is 0. The summed E-state index contributed by atoms with van der Waals surface area (Å²) in [6.07, 6.45) is 0. The van der Waals surface area contributed by atoms with Crippen molar-refractivity contribution >= 4 is 43.1 Å². The van der Waals surface area contributed by atoms with E-state index in [2.05, 4.69) is 176 Å². The van der Waals surface area contributed by atoms with Gasteiger partial charge in [-0.2, -0.15) is 5.26 Å². The molecule has 10 aromatic carbocycles. The van der Waals surface area contributed by atoms with Crippen LogP contribution in [0.1, 0.15) is 5.56 Å². The second-order valence-corrected chi connectivity index (χ2v) is 14.3. The molecule has 0 fully saturated rings. The van der Waals surface area contributed by atoms with Gasteiger partial charge in [0.15, 0.2) is 0 Å². The average molecular weight is 682 g/mol. The summed E-state index contributed by atoms with van der Waals surface area (Å²) in [4.78, 5) is 0. The molecule has 0 aromatic heterocycles. The Hall–Kier alpha value is -7.27. The van der Waals surface area contributed by atoms with E-state index in [9.17, 15) is 5.26 Å². The van der Waals surface area contributed by atoms with Crippen LogP contribution in [0.25, 0.3) is 110 Å². The molecule has 0 amide bonds. The van der Waals surface area contributed by atoms with Crippen molar-refractivity contribution in [2.24, 2.45) is 0 Å². The summed E-state index contributed by atoms with van der Waals surface area (Å²) in [5.74, 6) is 0. The molecule has 0 bridgehead atoms. The van der Waals surface area contributed by atoms with Crippen molar-refractivity contribution in [1.29, 1.82) is 5.26 Å². The predicted octanol–water partition coefficient (Wildman–Crippen LogP) is 14.5. The zero-order valence-electron chi connectivity index (χ0n) is 29.3. The highest BCUT2D eigenvalue weighted by atomic mass is 14.3. The number of hydrogen-bond donors (Lipinski definition) is 0. The summed E-state index contributed by atoms with van der Waals surface area (Å²) in [7, 11) is 0. The van der Waals surface area contributed by atoms with Crippen LogP contribution in [0.4, 0.5) is 0 Å². The smallest absolute Gasteiger partial charge is 0.0991 e. The molecule has 0 saturated carbocycles. The highest BCUT2D eigenvalue weighted by Gasteiger charge is 2.31. The van der Waals surface area contributed by atoms with E-state index >= 15 is 0 Å². The van der Waals surface area contributed by atoms with Gasteiger partial charge in [-0.15, -0.1) is 0 Å². The highest BCUT2D eigenvalue weighted by molar-refractivity contribution is 6.29. The maximum absolute atomic E-state index is 9.58. The lowest BCUT2D eigenvalue weighted by Gasteiger charge is -2.21. The largest absolute Gasteiger partial charge is 0.192 e. The molecule has 1 nitrogen and oxygen atoms in total. The Labute approximate surface area is 313 Å². The first kappa shape index (κ1) is 30.4. The topological polar surface area (TPSA) is 23.8 Å². The van der Waals surface area contributed by atoms with Crippen LogP contribution in [0.2, 0.25) is 0 Å². The highest BCUT2D eigenvalue weighted by Crippen LogP contribution is 2.58. The van der Waals surface area contributed by atoms with Gasteiger partial charge in [-0.05, 0) is 140 Å². The van der Waals surface area contributed by atoms with Crippen molar-refractivity contribution in [2.75, 3.05) is 0 Å². The summed E-state index contributed by atoms with van der Waals surface area (Å²) < 4.78 is 0. The first-order valence-corrected chi connectivity index (χ1v) is 18.5. The van der Waals surface area contributed by atoms with Gasteiger partial charge in [0, 0.05) is 0 Å². The SMILES string of the molecule is N#Cc1cccc(-c2cccc(-c3ccc4c5c(cccc35)-c3c-4c(-c4ccc5ccccc5c4)c4ccccc4c3-c3ccc4ccccc4c3)c2)c1. The van der Waals surface area contributed by atoms with E-state index in [0.29, 0.717) is 5.56 Å². The van der Waals surface area contributed by atoms with Gasteiger partial charge in [-0.1, -0.05) is 158 Å². The van der Waals surface area contributed by atoms with E-state index in [1.807, 2.05) is 18.2 Å². The predicted molar refractivity (Wildman–Crippen MR) is 227 cm³/mol. The minimum absolute atomic E-state index is 0.665. The maximum Gasteiger partial charge on any atom is 0.0991 e. The van der Waals surface area contributed by atoms with Crippen LogP contribution < -0.4 is 0 Å². The molecule has 0 radical (unpaired) electrons. The van der Waals surface area contributed by atoms with Crippen LogP contribution >= 0.6 is 0 Å². The summed E-state index contributed by atoms with van der Waals surface area (Å²) in [5, 5.41) is 19.6. The summed E-state index contributed by atoms with van der Waals surface area (Å²) >= 11 is 0. The number of fused-ring (bicyclic) bond motifs is 6. The molecular formula is C53H31N. The number of nitrogens with zero attached hydrogens (tertiary/aromatic N) is 1. The van der Waals surface area contributed by atoms with Crippen molar-refractivity contribution in [1.82, 2.24) is 0 Å². The van der Waals surface area contributed by atoms with Gasteiger partial charge in [0.25, 0.3) is 0 Å². The lowest BCUT2D eigenvalue weighted by molar-refractivity contribution is 1.48. The zero-order valence-corrected chi connectivity index (χ0v) is 29.3. The van der Waals surface area contributed by atoms with Gasteiger partial charge in [0.05, 0.1) is 11.6 Å². The Morgan fingerprint density at radius 2 is 0.796 bits per heavy atom. The van der Waals surface area contributed by atoms with E-state index in [4.69, 9.17) is 0 Å². The number of nitriles is 1. The second-order valence-electron chi connectivity index (χ2n) is 14.3. The molecule has 1 aliphatic carbocycles. The van der Waals surface area contributed by atoms with Crippen LogP contribution in [-0.2, 0) is 0 Å². The molecule has 0 atom stereocenters. The Bertz CT molecular complexity index is 3100. The van der Waals surface area contributed by atoms with Gasteiger partial charge in [0.2, 0.25) is 0 Å². The van der Waals surface area contributed by atoms with Crippen molar-refractivity contribution in [3.8, 4) is 72.8 Å². The van der Waals surface area contributed by atoms with Crippen molar-refractivity contribution < 1.29 is 0 Å². The maximum atomic E-state index is 9.58. The molecule has 248 valence electrons. The minimum Gasteiger partial charge on any atom is -0.192 e. The number of benzene rings is 10. The molecule has 1 aliphatic rings. The standard InChI is InChI=1S/C53H31N/c54-32-33-10-7-15-36(28-33)39-16-8-17-40(29-39)43-26-27-48-51-44(43)20-9-21-47(51)52-49(41-24-22-34-11-1-3-13-37(34)30-41)45-18-5-6-19-46(45)50(53(48)52)42-25-23-35-12-2-4-14-38(35)31-42/h1-31H. The molecule has 0 aliphatic heterocycles. The zero-order chi connectivity index (χ0) is 35.8. The van der Waals surface area contributed by atoms with E-state index in [1.165, 1.54) is 93.2 Å². The van der Waals surface area contributed by atoms with E-state index in [1.54, 1.807) is 0 Å². The first-order chi connectivity index (χ1) is 26.7. The summed E-state index contributed by atoms with van der Waals surface area (Å²) in [6.45, 7) is 0. The molecule has 0 unspecified atom stereocenters. The van der Waals surface area contributed by atoms with Crippen LogP contribution in [0.5, 0.6) is 0 Å². The third-order valence-corrected chi connectivity index (χ3v) is 11.4. The molecule has 0 saturated heterocycles. The lowest BCUT2D eigenvalue weighted by Crippen LogP contribution is -1.94. The van der Waals surface area contributed by atoms with Crippen LogP contribution in [0, 0.1) is 11.3 Å². The fourth-order valence-corrected chi connectivity index (χ4v) is 8.98. The monoisotopic (exact) mass is 681 g/mol. The molecule has 1 heteroatoms. The minimum atomic E-state index is 0.665. The summed E-state index contributed by atoms with van der Waals surface area (Å²) in [6, 6.07) is 70.6. The molecular weight excluding hydrogens is 651 g/mol. The number of rotatable bonds is 4. The quantitative estimate of drug-likeness (QED) is 0.181. The van der Waals surface area contributed by atoms with E-state index < -0.39 is 0 Å². The van der Waals surface area contributed by atoms with Gasteiger partial charge >= 0.3 is 0 Å². The van der Waals surface area contributed by atoms with E-state index in [0.717, 1.165) is 16.7 Å². The van der Waals surface area contributed by atoms with Crippen LogP contribution in [-0.4, -0.2) is 0 Å². The third kappa shape index (κ3) is 4.58. The van der Waals surface area contributed by atoms with Crippen molar-refractivity contribution in [3.05, 3.63) is 194 Å². The molecule has 0 heterocycles. The Balaban J connectivity index is 1.23.